The molecule has 2 aromatic rings. The Kier molecular flexibility index (Phi) is 6.31. The van der Waals surface area contributed by atoms with Gasteiger partial charge >= 0.3 is 6.03 Å². The zero-order chi connectivity index (χ0) is 17.5. The van der Waals surface area contributed by atoms with Crippen LogP contribution in [-0.2, 0) is 11.2 Å². The predicted octanol–water partition coefficient (Wildman–Crippen LogP) is 3.09. The molecule has 3 amide bonds. The zero-order valence-corrected chi connectivity index (χ0v) is 14.8. The fourth-order valence-corrected chi connectivity index (χ4v) is 2.78. The van der Waals surface area contributed by atoms with Crippen molar-refractivity contribution < 1.29 is 9.59 Å². The predicted molar refractivity (Wildman–Crippen MR) is 96.1 cm³/mol. The molecule has 7 heteroatoms. The molecule has 1 atom stereocenters. The van der Waals surface area contributed by atoms with E-state index >= 15 is 0 Å². The molecule has 1 heterocycles. The van der Waals surface area contributed by atoms with Crippen molar-refractivity contribution in [3.8, 4) is 0 Å². The summed E-state index contributed by atoms with van der Waals surface area (Å²) in [7, 11) is 0. The maximum atomic E-state index is 12.0. The van der Waals surface area contributed by atoms with Crippen molar-refractivity contribution in [2.45, 2.75) is 39.3 Å². The van der Waals surface area contributed by atoms with Gasteiger partial charge in [-0.2, -0.15) is 0 Å². The zero-order valence-electron chi connectivity index (χ0n) is 14.0. The van der Waals surface area contributed by atoms with Crippen LogP contribution in [0.5, 0.6) is 0 Å². The van der Waals surface area contributed by atoms with Crippen molar-refractivity contribution in [1.29, 1.82) is 0 Å². The largest absolute Gasteiger partial charge is 0.354 e. The number of benzene rings is 1. The van der Waals surface area contributed by atoms with Crippen LogP contribution in [0.25, 0.3) is 0 Å². The normalized spacial score (nSPS) is 11.8. The van der Waals surface area contributed by atoms with Gasteiger partial charge in [-0.25, -0.2) is 9.78 Å². The van der Waals surface area contributed by atoms with E-state index in [0.29, 0.717) is 12.1 Å². The quantitative estimate of drug-likeness (QED) is 0.751. The second-order valence-electron chi connectivity index (χ2n) is 5.79. The number of carbonyl (C=O) groups excluding carboxylic acids is 2. The van der Waals surface area contributed by atoms with Gasteiger partial charge in [0, 0.05) is 23.3 Å². The standard InChI is InChI=1S/C17H22N4O2S/c1-11(2)19-15(22)10-13-4-6-14(7-5-13)21-17(23)20-12(3)16-18-8-9-24-16/h4-9,11-12H,10H2,1-3H3,(H,19,22)(H2,20,21,23)/t12-/m1/s1. The third-order valence-corrected chi connectivity index (χ3v) is 4.15. The molecule has 0 unspecified atom stereocenters. The van der Waals surface area contributed by atoms with E-state index in [1.807, 2.05) is 38.3 Å². The van der Waals surface area contributed by atoms with Gasteiger partial charge in [-0.3, -0.25) is 4.79 Å². The number of urea groups is 1. The SMILES string of the molecule is CC(C)NC(=O)Cc1ccc(NC(=O)N[C@H](C)c2nccs2)cc1. The fraction of sp³-hybridized carbons (Fsp3) is 0.353. The summed E-state index contributed by atoms with van der Waals surface area (Å²) in [6, 6.07) is 6.92. The first-order valence-electron chi connectivity index (χ1n) is 7.79. The summed E-state index contributed by atoms with van der Waals surface area (Å²) in [6.07, 6.45) is 2.04. The van der Waals surface area contributed by atoms with Gasteiger partial charge in [-0.1, -0.05) is 12.1 Å². The van der Waals surface area contributed by atoms with Crippen LogP contribution >= 0.6 is 11.3 Å². The highest BCUT2D eigenvalue weighted by atomic mass is 32.1. The van der Waals surface area contributed by atoms with E-state index in [2.05, 4.69) is 20.9 Å². The number of rotatable bonds is 6. The van der Waals surface area contributed by atoms with Crippen molar-refractivity contribution in [2.24, 2.45) is 0 Å². The van der Waals surface area contributed by atoms with E-state index in [0.717, 1.165) is 10.6 Å². The summed E-state index contributed by atoms with van der Waals surface area (Å²) in [5.41, 5.74) is 1.57. The molecule has 24 heavy (non-hydrogen) atoms. The fourth-order valence-electron chi connectivity index (χ4n) is 2.14. The number of thiazole rings is 1. The number of hydrogen-bond donors (Lipinski definition) is 3. The molecule has 6 nitrogen and oxygen atoms in total. The third-order valence-electron chi connectivity index (χ3n) is 3.20. The Bertz CT molecular complexity index is 668. The van der Waals surface area contributed by atoms with E-state index in [4.69, 9.17) is 0 Å². The van der Waals surface area contributed by atoms with Gasteiger partial charge in [-0.15, -0.1) is 11.3 Å². The Morgan fingerprint density at radius 2 is 1.83 bits per heavy atom. The van der Waals surface area contributed by atoms with Crippen LogP contribution in [0.4, 0.5) is 10.5 Å². The molecule has 0 aliphatic carbocycles. The van der Waals surface area contributed by atoms with Crippen LogP contribution in [0, 0.1) is 0 Å². The van der Waals surface area contributed by atoms with Crippen molar-refractivity contribution in [2.75, 3.05) is 5.32 Å². The molecule has 0 fully saturated rings. The lowest BCUT2D eigenvalue weighted by Crippen LogP contribution is -2.31. The molecule has 0 aliphatic rings. The number of nitrogens with zero attached hydrogens (tertiary/aromatic N) is 1. The third kappa shape index (κ3) is 5.66. The van der Waals surface area contributed by atoms with E-state index in [-0.39, 0.29) is 24.0 Å². The average molecular weight is 346 g/mol. The highest BCUT2D eigenvalue weighted by Gasteiger charge is 2.11. The molecule has 0 aliphatic heterocycles. The molecular weight excluding hydrogens is 324 g/mol. The minimum atomic E-state index is -0.289. The second-order valence-corrected chi connectivity index (χ2v) is 6.71. The van der Waals surface area contributed by atoms with Crippen LogP contribution in [0.15, 0.2) is 35.8 Å². The molecule has 2 rings (SSSR count). The van der Waals surface area contributed by atoms with E-state index < -0.39 is 0 Å². The minimum absolute atomic E-state index is 0.0132. The lowest BCUT2D eigenvalue weighted by atomic mass is 10.1. The Balaban J connectivity index is 1.84. The maximum absolute atomic E-state index is 12.0. The Morgan fingerprint density at radius 1 is 1.12 bits per heavy atom. The molecular formula is C17H22N4O2S. The van der Waals surface area contributed by atoms with Crippen molar-refractivity contribution >= 4 is 29.0 Å². The summed E-state index contributed by atoms with van der Waals surface area (Å²) < 4.78 is 0. The lowest BCUT2D eigenvalue weighted by Gasteiger charge is -2.13. The summed E-state index contributed by atoms with van der Waals surface area (Å²) >= 11 is 1.50. The van der Waals surface area contributed by atoms with Gasteiger partial charge in [0.05, 0.1) is 12.5 Å². The van der Waals surface area contributed by atoms with E-state index in [1.54, 1.807) is 18.3 Å². The van der Waals surface area contributed by atoms with Crippen LogP contribution < -0.4 is 16.0 Å². The smallest absolute Gasteiger partial charge is 0.319 e. The van der Waals surface area contributed by atoms with E-state index in [1.165, 1.54) is 11.3 Å². The van der Waals surface area contributed by atoms with Gasteiger partial charge in [0.2, 0.25) is 5.91 Å². The number of hydrogen-bond acceptors (Lipinski definition) is 4. The summed E-state index contributed by atoms with van der Waals surface area (Å²) in [5, 5.41) is 11.2. The van der Waals surface area contributed by atoms with Crippen LogP contribution in [0.3, 0.4) is 0 Å². The first-order valence-corrected chi connectivity index (χ1v) is 8.67. The first-order chi connectivity index (χ1) is 11.4. The van der Waals surface area contributed by atoms with Crippen molar-refractivity contribution in [3.05, 3.63) is 46.4 Å². The summed E-state index contributed by atoms with van der Waals surface area (Å²) in [4.78, 5) is 27.9. The Morgan fingerprint density at radius 3 is 2.42 bits per heavy atom. The highest BCUT2D eigenvalue weighted by Crippen LogP contribution is 2.15. The molecule has 0 spiro atoms. The van der Waals surface area contributed by atoms with Gasteiger partial charge in [0.15, 0.2) is 0 Å². The summed E-state index contributed by atoms with van der Waals surface area (Å²) in [5.74, 6) is -0.0132. The first kappa shape index (κ1) is 17.9. The molecule has 128 valence electrons. The molecule has 1 aromatic carbocycles. The average Bonchev–Trinajstić information content (AvgIpc) is 3.02. The molecule has 0 radical (unpaired) electrons. The number of amides is 3. The number of aromatic nitrogens is 1. The molecule has 0 saturated carbocycles. The second kappa shape index (κ2) is 8.44. The molecule has 1 aromatic heterocycles. The maximum Gasteiger partial charge on any atom is 0.319 e. The monoisotopic (exact) mass is 346 g/mol. The number of carbonyl (C=O) groups is 2. The van der Waals surface area contributed by atoms with Crippen LogP contribution in [0.2, 0.25) is 0 Å². The molecule has 0 bridgehead atoms. The number of anilines is 1. The van der Waals surface area contributed by atoms with Crippen molar-refractivity contribution in [3.63, 3.8) is 0 Å². The highest BCUT2D eigenvalue weighted by molar-refractivity contribution is 7.09. The minimum Gasteiger partial charge on any atom is -0.354 e. The Labute approximate surface area is 145 Å². The van der Waals surface area contributed by atoms with E-state index in [9.17, 15) is 9.59 Å². The van der Waals surface area contributed by atoms with Gasteiger partial charge in [-0.05, 0) is 38.5 Å². The topological polar surface area (TPSA) is 83.1 Å². The van der Waals surface area contributed by atoms with Crippen LogP contribution in [-0.4, -0.2) is 23.0 Å². The van der Waals surface area contributed by atoms with Crippen LogP contribution in [0.1, 0.15) is 37.4 Å². The number of nitrogens with one attached hydrogen (secondary N) is 3. The molecule has 3 N–H and O–H groups in total. The van der Waals surface area contributed by atoms with Gasteiger partial charge in [0.1, 0.15) is 5.01 Å². The Hall–Kier alpha value is -2.41. The van der Waals surface area contributed by atoms with Crippen molar-refractivity contribution in [1.82, 2.24) is 15.6 Å². The lowest BCUT2D eigenvalue weighted by molar-refractivity contribution is -0.120. The molecule has 0 saturated heterocycles. The summed E-state index contributed by atoms with van der Waals surface area (Å²) in [6.45, 7) is 5.74. The van der Waals surface area contributed by atoms with Gasteiger partial charge in [0.25, 0.3) is 0 Å². The van der Waals surface area contributed by atoms with Gasteiger partial charge < -0.3 is 16.0 Å².